The highest BCUT2D eigenvalue weighted by molar-refractivity contribution is 5.88. The number of amides is 1. The SMILES string of the molecule is CNc1c(O)ccc(CCN(Cc2cc(F)c(C(=O)O)cc2OC)C(=O)OC(C)(C)C)c1/C=C\C=O. The first-order valence-electron chi connectivity index (χ1n) is 11.1. The van der Waals surface area contributed by atoms with Gasteiger partial charge in [-0.15, -0.1) is 0 Å². The number of carboxylic acids is 1. The standard InChI is InChI=1S/C26H31FN2O7/c1-26(2,3)36-25(34)29(15-17-13-20(27)19(24(32)33)14-22(17)35-5)11-10-16-8-9-21(31)23(28-4)18(16)7-6-12-30/h6-9,12-14,28,31H,10-11,15H2,1-5H3,(H,32,33)/b7-6-. The molecule has 2 aromatic carbocycles. The first-order chi connectivity index (χ1) is 16.9. The minimum absolute atomic E-state index is 0.00507. The van der Waals surface area contributed by atoms with Crippen LogP contribution in [0.25, 0.3) is 6.08 Å². The van der Waals surface area contributed by atoms with Gasteiger partial charge in [-0.1, -0.05) is 6.07 Å². The zero-order valence-electron chi connectivity index (χ0n) is 20.9. The maximum absolute atomic E-state index is 14.4. The second-order valence-corrected chi connectivity index (χ2v) is 8.88. The lowest BCUT2D eigenvalue weighted by Gasteiger charge is -2.28. The number of carboxylic acid groups (broad SMARTS) is 1. The molecule has 0 fully saturated rings. The van der Waals surface area contributed by atoms with E-state index < -0.39 is 29.0 Å². The van der Waals surface area contributed by atoms with Crippen molar-refractivity contribution in [3.8, 4) is 11.5 Å². The van der Waals surface area contributed by atoms with Gasteiger partial charge in [0.1, 0.15) is 29.2 Å². The number of carbonyl (C=O) groups is 3. The van der Waals surface area contributed by atoms with E-state index in [1.54, 1.807) is 40.0 Å². The van der Waals surface area contributed by atoms with Gasteiger partial charge in [0.15, 0.2) is 0 Å². The van der Waals surface area contributed by atoms with Crippen LogP contribution in [0.15, 0.2) is 30.3 Å². The number of rotatable bonds is 10. The zero-order chi connectivity index (χ0) is 27.0. The summed E-state index contributed by atoms with van der Waals surface area (Å²) in [5.74, 6) is -2.29. The quantitative estimate of drug-likeness (QED) is 0.247. The smallest absolute Gasteiger partial charge is 0.410 e. The molecular formula is C26H31FN2O7. The molecule has 194 valence electrons. The van der Waals surface area contributed by atoms with Gasteiger partial charge in [-0.05, 0) is 63.1 Å². The van der Waals surface area contributed by atoms with Gasteiger partial charge in [0, 0.05) is 24.7 Å². The third kappa shape index (κ3) is 7.21. The second-order valence-electron chi connectivity index (χ2n) is 8.88. The first kappa shape index (κ1) is 28.2. The summed E-state index contributed by atoms with van der Waals surface area (Å²) in [4.78, 5) is 36.6. The molecule has 0 saturated heterocycles. The fourth-order valence-corrected chi connectivity index (χ4v) is 3.55. The Bertz CT molecular complexity index is 1160. The summed E-state index contributed by atoms with van der Waals surface area (Å²) in [6.07, 6.45) is 3.09. The topological polar surface area (TPSA) is 125 Å². The van der Waals surface area contributed by atoms with E-state index in [2.05, 4.69) is 5.32 Å². The lowest BCUT2D eigenvalue weighted by atomic mass is 10.0. The molecule has 0 radical (unpaired) electrons. The van der Waals surface area contributed by atoms with Crippen molar-refractivity contribution in [1.82, 2.24) is 4.90 Å². The lowest BCUT2D eigenvalue weighted by Crippen LogP contribution is -2.37. The summed E-state index contributed by atoms with van der Waals surface area (Å²) in [5.41, 5.74) is 0.630. The average molecular weight is 503 g/mol. The minimum Gasteiger partial charge on any atom is -0.506 e. The Morgan fingerprint density at radius 2 is 1.89 bits per heavy atom. The molecule has 0 aliphatic heterocycles. The molecule has 2 aromatic rings. The van der Waals surface area contributed by atoms with E-state index in [-0.39, 0.29) is 30.2 Å². The number of aldehydes is 1. The Morgan fingerprint density at radius 3 is 2.44 bits per heavy atom. The fraction of sp³-hybridized carbons (Fsp3) is 0.346. The summed E-state index contributed by atoms with van der Waals surface area (Å²) in [6.45, 7) is 5.15. The number of hydrogen-bond acceptors (Lipinski definition) is 7. The number of hydrogen-bond donors (Lipinski definition) is 3. The van der Waals surface area contributed by atoms with E-state index in [1.165, 1.54) is 24.2 Å². The lowest BCUT2D eigenvalue weighted by molar-refractivity contribution is -0.104. The molecule has 0 spiro atoms. The number of carbonyl (C=O) groups excluding carboxylic acids is 2. The summed E-state index contributed by atoms with van der Waals surface area (Å²) in [5, 5.41) is 22.3. The number of anilines is 1. The van der Waals surface area contributed by atoms with Crippen LogP contribution in [0.1, 0.15) is 47.8 Å². The van der Waals surface area contributed by atoms with Gasteiger partial charge in [0.2, 0.25) is 0 Å². The normalized spacial score (nSPS) is 11.3. The van der Waals surface area contributed by atoms with E-state index in [0.29, 0.717) is 24.0 Å². The van der Waals surface area contributed by atoms with Crippen molar-refractivity contribution in [3.05, 3.63) is 58.4 Å². The van der Waals surface area contributed by atoms with Crippen LogP contribution in [0.4, 0.5) is 14.9 Å². The summed E-state index contributed by atoms with van der Waals surface area (Å²) in [6, 6.07) is 5.27. The van der Waals surface area contributed by atoms with Crippen LogP contribution in [-0.4, -0.2) is 59.8 Å². The molecule has 0 heterocycles. The van der Waals surface area contributed by atoms with Crippen molar-refractivity contribution in [2.75, 3.05) is 26.0 Å². The van der Waals surface area contributed by atoms with Crippen LogP contribution in [0, 0.1) is 5.82 Å². The number of methoxy groups -OCH3 is 1. The number of allylic oxidation sites excluding steroid dienone is 1. The Balaban J connectivity index is 2.45. The van der Waals surface area contributed by atoms with Crippen molar-refractivity contribution in [2.24, 2.45) is 0 Å². The molecule has 3 N–H and O–H groups in total. The fourth-order valence-electron chi connectivity index (χ4n) is 3.55. The van der Waals surface area contributed by atoms with Crippen molar-refractivity contribution < 1.29 is 38.5 Å². The van der Waals surface area contributed by atoms with Crippen molar-refractivity contribution in [1.29, 1.82) is 0 Å². The molecule has 9 nitrogen and oxygen atoms in total. The highest BCUT2D eigenvalue weighted by Gasteiger charge is 2.25. The number of phenolic OH excluding ortho intramolecular Hbond substituents is 1. The predicted octanol–water partition coefficient (Wildman–Crippen LogP) is 4.47. The van der Waals surface area contributed by atoms with E-state index in [4.69, 9.17) is 9.47 Å². The molecule has 0 saturated carbocycles. The molecule has 0 aromatic heterocycles. The number of aromatic hydroxyl groups is 1. The molecule has 0 aliphatic carbocycles. The number of nitrogens with zero attached hydrogens (tertiary/aromatic N) is 1. The monoisotopic (exact) mass is 502 g/mol. The van der Waals surface area contributed by atoms with E-state index in [0.717, 1.165) is 17.7 Å². The number of aromatic carboxylic acids is 1. The largest absolute Gasteiger partial charge is 0.506 e. The molecule has 1 amide bonds. The molecule has 0 unspecified atom stereocenters. The van der Waals surface area contributed by atoms with Crippen molar-refractivity contribution in [2.45, 2.75) is 39.3 Å². The highest BCUT2D eigenvalue weighted by Crippen LogP contribution is 2.32. The Hall–Kier alpha value is -4.08. The van der Waals surface area contributed by atoms with Crippen LogP contribution >= 0.6 is 0 Å². The first-order valence-corrected chi connectivity index (χ1v) is 11.1. The number of nitrogens with one attached hydrogen (secondary N) is 1. The Labute approximate surface area is 209 Å². The Morgan fingerprint density at radius 1 is 1.19 bits per heavy atom. The van der Waals surface area contributed by atoms with Gasteiger partial charge in [-0.3, -0.25) is 4.79 Å². The van der Waals surface area contributed by atoms with Crippen molar-refractivity contribution in [3.63, 3.8) is 0 Å². The highest BCUT2D eigenvalue weighted by atomic mass is 19.1. The average Bonchev–Trinajstić information content (AvgIpc) is 2.79. The van der Waals surface area contributed by atoms with Crippen LogP contribution < -0.4 is 10.1 Å². The van der Waals surface area contributed by atoms with Crippen LogP contribution in [0.3, 0.4) is 0 Å². The van der Waals surface area contributed by atoms with Gasteiger partial charge in [0.05, 0.1) is 24.9 Å². The predicted molar refractivity (Wildman–Crippen MR) is 133 cm³/mol. The van der Waals surface area contributed by atoms with Gasteiger partial charge in [-0.2, -0.15) is 0 Å². The van der Waals surface area contributed by atoms with E-state index >= 15 is 0 Å². The number of phenols is 1. The summed E-state index contributed by atoms with van der Waals surface area (Å²) < 4.78 is 25.2. The van der Waals surface area contributed by atoms with E-state index in [1.807, 2.05) is 0 Å². The van der Waals surface area contributed by atoms with Crippen LogP contribution in [0.2, 0.25) is 0 Å². The minimum atomic E-state index is -1.44. The molecule has 2 rings (SSSR count). The number of ether oxygens (including phenoxy) is 2. The third-order valence-electron chi connectivity index (χ3n) is 5.17. The maximum atomic E-state index is 14.4. The molecule has 0 aliphatic rings. The molecule has 0 bridgehead atoms. The summed E-state index contributed by atoms with van der Waals surface area (Å²) in [7, 11) is 2.95. The number of halogens is 1. The summed E-state index contributed by atoms with van der Waals surface area (Å²) >= 11 is 0. The second kappa shape index (κ2) is 12.1. The van der Waals surface area contributed by atoms with Gasteiger partial charge in [0.25, 0.3) is 0 Å². The molecule has 10 heteroatoms. The van der Waals surface area contributed by atoms with Crippen molar-refractivity contribution >= 4 is 30.1 Å². The third-order valence-corrected chi connectivity index (χ3v) is 5.17. The molecular weight excluding hydrogens is 471 g/mol. The molecule has 0 atom stereocenters. The van der Waals surface area contributed by atoms with Crippen LogP contribution in [0.5, 0.6) is 11.5 Å². The maximum Gasteiger partial charge on any atom is 0.410 e. The zero-order valence-corrected chi connectivity index (χ0v) is 20.9. The van der Waals surface area contributed by atoms with Gasteiger partial charge < -0.3 is 29.9 Å². The van der Waals surface area contributed by atoms with Gasteiger partial charge >= 0.3 is 12.1 Å². The van der Waals surface area contributed by atoms with Crippen LogP contribution in [-0.2, 0) is 22.5 Å². The number of benzene rings is 2. The molecule has 36 heavy (non-hydrogen) atoms. The Kier molecular flexibility index (Phi) is 9.43. The van der Waals surface area contributed by atoms with E-state index in [9.17, 15) is 29.0 Å². The van der Waals surface area contributed by atoms with Gasteiger partial charge in [-0.25, -0.2) is 14.0 Å².